The van der Waals surface area contributed by atoms with E-state index in [1.807, 2.05) is 4.40 Å². The first-order valence-corrected chi connectivity index (χ1v) is 4.14. The molecule has 0 amide bonds. The van der Waals surface area contributed by atoms with Crippen LogP contribution in [0.1, 0.15) is 0 Å². The van der Waals surface area contributed by atoms with Gasteiger partial charge in [0.2, 0.25) is 0 Å². The van der Waals surface area contributed by atoms with Crippen molar-refractivity contribution in [3.63, 3.8) is 0 Å². The van der Waals surface area contributed by atoms with Crippen LogP contribution in [-0.4, -0.2) is 9.38 Å². The lowest BCUT2D eigenvalue weighted by Gasteiger charge is -1.96. The van der Waals surface area contributed by atoms with Crippen LogP contribution < -0.4 is 0 Å². The van der Waals surface area contributed by atoms with Crippen LogP contribution in [0.15, 0.2) is 22.9 Å². The van der Waals surface area contributed by atoms with Gasteiger partial charge in [-0.05, 0) is 22.0 Å². The average molecular weight is 230 g/mol. The Bertz CT molecular complexity index is 396. The van der Waals surface area contributed by atoms with Crippen LogP contribution >= 0.6 is 27.5 Å². The Morgan fingerprint density at radius 2 is 2.45 bits per heavy atom. The van der Waals surface area contributed by atoms with E-state index in [1.165, 1.54) is 0 Å². The Kier molecular flexibility index (Phi) is 1.62. The molecule has 0 aliphatic heterocycles. The Labute approximate surface area is 76.9 Å². The minimum absolute atomic E-state index is 0.677. The van der Waals surface area contributed by atoms with Crippen molar-refractivity contribution in [3.05, 3.63) is 34.2 Å². The predicted molar refractivity (Wildman–Crippen MR) is 46.7 cm³/mol. The van der Waals surface area contributed by atoms with E-state index in [9.17, 15) is 0 Å². The first kappa shape index (κ1) is 7.13. The van der Waals surface area contributed by atoms with Crippen LogP contribution in [0.2, 0.25) is 5.02 Å². The summed E-state index contributed by atoms with van der Waals surface area (Å²) in [6.07, 6.45) is 6.24. The van der Waals surface area contributed by atoms with Gasteiger partial charge < -0.3 is 4.40 Å². The summed E-state index contributed by atoms with van der Waals surface area (Å²) in [5, 5.41) is 0.677. The highest BCUT2D eigenvalue weighted by molar-refractivity contribution is 9.10. The van der Waals surface area contributed by atoms with Crippen molar-refractivity contribution in [1.82, 2.24) is 9.38 Å². The Morgan fingerprint density at radius 3 is 3.27 bits per heavy atom. The zero-order valence-electron chi connectivity index (χ0n) is 5.38. The smallest absolute Gasteiger partial charge is 0.151 e. The van der Waals surface area contributed by atoms with Crippen LogP contribution in [0.5, 0.6) is 0 Å². The van der Waals surface area contributed by atoms with Crippen molar-refractivity contribution in [2.24, 2.45) is 0 Å². The largest absolute Gasteiger partial charge is 0.304 e. The maximum atomic E-state index is 5.79. The number of rotatable bonds is 0. The Hall–Kier alpha value is -0.540. The highest BCUT2D eigenvalue weighted by Crippen LogP contribution is 2.20. The molecule has 2 rings (SSSR count). The predicted octanol–water partition coefficient (Wildman–Crippen LogP) is 2.55. The van der Waals surface area contributed by atoms with Crippen molar-refractivity contribution < 1.29 is 0 Å². The standard InChI is InChI=1S/C7H3BrClN2/c8-6-3-5(9)4-11-2-1-10-7(6)11/h2-4H. The van der Waals surface area contributed by atoms with E-state index >= 15 is 0 Å². The summed E-state index contributed by atoms with van der Waals surface area (Å²) in [5.74, 6) is 0. The summed E-state index contributed by atoms with van der Waals surface area (Å²) in [5.41, 5.74) is 0.828. The summed E-state index contributed by atoms with van der Waals surface area (Å²) in [4.78, 5) is 3.99. The quantitative estimate of drug-likeness (QED) is 0.680. The van der Waals surface area contributed by atoms with Crippen molar-refractivity contribution in [2.45, 2.75) is 0 Å². The second kappa shape index (κ2) is 2.50. The zero-order valence-corrected chi connectivity index (χ0v) is 7.72. The molecule has 2 nitrogen and oxygen atoms in total. The second-order valence-electron chi connectivity index (χ2n) is 2.11. The first-order chi connectivity index (χ1) is 5.27. The fourth-order valence-corrected chi connectivity index (χ4v) is 1.79. The maximum Gasteiger partial charge on any atom is 0.151 e. The van der Waals surface area contributed by atoms with E-state index in [0.29, 0.717) is 5.02 Å². The summed E-state index contributed by atoms with van der Waals surface area (Å²) < 4.78 is 2.69. The van der Waals surface area contributed by atoms with Crippen LogP contribution in [0.3, 0.4) is 0 Å². The molecule has 0 saturated carbocycles. The van der Waals surface area contributed by atoms with E-state index < -0.39 is 0 Å². The molecule has 0 N–H and O–H groups in total. The molecule has 11 heavy (non-hydrogen) atoms. The van der Waals surface area contributed by atoms with Gasteiger partial charge in [0.05, 0.1) is 9.50 Å². The third-order valence-corrected chi connectivity index (χ3v) is 2.14. The third-order valence-electron chi connectivity index (χ3n) is 1.35. The molecular weight excluding hydrogens is 227 g/mol. The van der Waals surface area contributed by atoms with Gasteiger partial charge in [-0.2, -0.15) is 0 Å². The van der Waals surface area contributed by atoms with Crippen molar-refractivity contribution >= 4 is 33.2 Å². The van der Waals surface area contributed by atoms with Gasteiger partial charge in [-0.15, -0.1) is 0 Å². The lowest BCUT2D eigenvalue weighted by Crippen LogP contribution is -1.83. The van der Waals surface area contributed by atoms with Gasteiger partial charge in [-0.1, -0.05) is 11.6 Å². The molecule has 2 aromatic rings. The van der Waals surface area contributed by atoms with Gasteiger partial charge in [0.1, 0.15) is 6.20 Å². The molecular formula is C7H3BrClN2. The normalized spacial score (nSPS) is 10.7. The van der Waals surface area contributed by atoms with Gasteiger partial charge in [0.25, 0.3) is 0 Å². The Morgan fingerprint density at radius 1 is 1.64 bits per heavy atom. The highest BCUT2D eigenvalue weighted by atomic mass is 79.9. The van der Waals surface area contributed by atoms with Crippen LogP contribution in [0.25, 0.3) is 5.65 Å². The van der Waals surface area contributed by atoms with Gasteiger partial charge >= 0.3 is 0 Å². The molecule has 0 fully saturated rings. The van der Waals surface area contributed by atoms with Crippen LogP contribution in [0, 0.1) is 6.20 Å². The first-order valence-electron chi connectivity index (χ1n) is 2.97. The number of pyridine rings is 1. The summed E-state index contributed by atoms with van der Waals surface area (Å²) in [7, 11) is 0. The molecule has 0 saturated heterocycles. The van der Waals surface area contributed by atoms with E-state index in [-0.39, 0.29) is 0 Å². The van der Waals surface area contributed by atoms with Gasteiger partial charge in [0, 0.05) is 12.4 Å². The van der Waals surface area contributed by atoms with Crippen LogP contribution in [0.4, 0.5) is 0 Å². The lowest BCUT2D eigenvalue weighted by molar-refractivity contribution is 1.18. The van der Waals surface area contributed by atoms with E-state index in [2.05, 4.69) is 27.1 Å². The summed E-state index contributed by atoms with van der Waals surface area (Å²) in [6.45, 7) is 0. The van der Waals surface area contributed by atoms with Crippen LogP contribution in [-0.2, 0) is 0 Å². The minimum atomic E-state index is 0.677. The van der Waals surface area contributed by atoms with Crippen molar-refractivity contribution in [1.29, 1.82) is 0 Å². The summed E-state index contributed by atoms with van der Waals surface area (Å²) >= 11 is 9.13. The van der Waals surface area contributed by atoms with Gasteiger partial charge in [-0.25, -0.2) is 4.98 Å². The van der Waals surface area contributed by atoms with Crippen molar-refractivity contribution in [2.75, 3.05) is 0 Å². The Balaban J connectivity index is 2.91. The van der Waals surface area contributed by atoms with E-state index in [4.69, 9.17) is 11.6 Å². The molecule has 0 aromatic carbocycles. The molecule has 0 atom stereocenters. The number of hydrogen-bond acceptors (Lipinski definition) is 1. The molecule has 2 aromatic heterocycles. The second-order valence-corrected chi connectivity index (χ2v) is 3.40. The number of hydrogen-bond donors (Lipinski definition) is 0. The monoisotopic (exact) mass is 229 g/mol. The average Bonchev–Trinajstić information content (AvgIpc) is 2.34. The highest BCUT2D eigenvalue weighted by Gasteiger charge is 2.00. The fraction of sp³-hybridized carbons (Fsp3) is 0. The number of imidazole rings is 1. The molecule has 0 spiro atoms. The molecule has 2 heterocycles. The zero-order chi connectivity index (χ0) is 7.84. The lowest BCUT2D eigenvalue weighted by atomic mass is 10.5. The number of fused-ring (bicyclic) bond motifs is 1. The number of nitrogens with zero attached hydrogens (tertiary/aromatic N) is 2. The number of halogens is 2. The van der Waals surface area contributed by atoms with Gasteiger partial charge in [-0.3, -0.25) is 0 Å². The third kappa shape index (κ3) is 1.14. The fourth-order valence-electron chi connectivity index (χ4n) is 0.902. The summed E-state index contributed by atoms with van der Waals surface area (Å²) in [6, 6.07) is 1.80. The molecule has 1 radical (unpaired) electrons. The molecule has 4 heteroatoms. The maximum absolute atomic E-state index is 5.79. The molecule has 0 aliphatic carbocycles. The van der Waals surface area contributed by atoms with Gasteiger partial charge in [0.15, 0.2) is 5.65 Å². The topological polar surface area (TPSA) is 17.3 Å². The molecule has 0 unspecified atom stereocenters. The van der Waals surface area contributed by atoms with E-state index in [1.54, 1.807) is 18.5 Å². The van der Waals surface area contributed by atoms with Crippen molar-refractivity contribution in [3.8, 4) is 0 Å². The molecule has 0 bridgehead atoms. The minimum Gasteiger partial charge on any atom is -0.304 e. The van der Waals surface area contributed by atoms with E-state index in [0.717, 1.165) is 10.1 Å². The SMILES string of the molecule is Clc1cc(Br)c2n[c]cn2c1. The number of aromatic nitrogens is 2. The molecule has 55 valence electrons. The molecule has 0 aliphatic rings.